The number of anilines is 2. The maximum absolute atomic E-state index is 13.1. The van der Waals surface area contributed by atoms with Crippen molar-refractivity contribution in [2.75, 3.05) is 11.9 Å². The van der Waals surface area contributed by atoms with Crippen LogP contribution in [0.5, 0.6) is 5.75 Å². The van der Waals surface area contributed by atoms with Gasteiger partial charge < -0.3 is 10.1 Å². The predicted molar refractivity (Wildman–Crippen MR) is 128 cm³/mol. The molecule has 0 amide bonds. The first kappa shape index (κ1) is 24.4. The summed E-state index contributed by atoms with van der Waals surface area (Å²) < 4.78 is 42.5. The second-order valence-corrected chi connectivity index (χ2v) is 7.49. The summed E-state index contributed by atoms with van der Waals surface area (Å²) in [7, 11) is 0. The van der Waals surface area contributed by atoms with Crippen LogP contribution in [0.3, 0.4) is 0 Å². The smallest absolute Gasteiger partial charge is 0.406 e. The van der Waals surface area contributed by atoms with Crippen LogP contribution in [0.15, 0.2) is 82.6 Å². The number of nitro benzene ring substituents is 1. The van der Waals surface area contributed by atoms with Gasteiger partial charge in [0.1, 0.15) is 5.75 Å². The van der Waals surface area contributed by atoms with E-state index in [1.54, 1.807) is 36.4 Å². The molecule has 0 saturated carbocycles. The van der Waals surface area contributed by atoms with Crippen LogP contribution < -0.4 is 15.6 Å². The normalized spacial score (nSPS) is 11.6. The Morgan fingerprint density at radius 1 is 1.08 bits per heavy atom. The zero-order chi connectivity index (χ0) is 25.7. The Labute approximate surface area is 201 Å². The minimum absolute atomic E-state index is 0.0629. The second kappa shape index (κ2) is 10.3. The molecule has 1 heterocycles. The van der Waals surface area contributed by atoms with Crippen molar-refractivity contribution in [1.82, 2.24) is 9.55 Å². The molecule has 12 heteroatoms. The molecular weight excluding hydrogens is 479 g/mol. The average Bonchev–Trinajstić information content (AvgIpc) is 2.84. The Balaban J connectivity index is 1.58. The lowest BCUT2D eigenvalue weighted by atomic mass is 10.2. The Kier molecular flexibility index (Phi) is 6.95. The second-order valence-electron chi connectivity index (χ2n) is 7.49. The first-order valence-electron chi connectivity index (χ1n) is 10.6. The fourth-order valence-corrected chi connectivity index (χ4v) is 3.39. The Morgan fingerprint density at radius 2 is 1.83 bits per heavy atom. The molecule has 9 nitrogen and oxygen atoms in total. The van der Waals surface area contributed by atoms with Gasteiger partial charge in [0.2, 0.25) is 5.95 Å². The van der Waals surface area contributed by atoms with Gasteiger partial charge in [-0.1, -0.05) is 24.3 Å². The molecule has 0 atom stereocenters. The highest BCUT2D eigenvalue weighted by molar-refractivity contribution is 5.81. The molecule has 0 spiro atoms. The van der Waals surface area contributed by atoms with E-state index in [2.05, 4.69) is 20.0 Å². The van der Waals surface area contributed by atoms with Crippen molar-refractivity contribution in [1.29, 1.82) is 0 Å². The number of aliphatic imine (C=N–C) groups is 1. The molecule has 0 bridgehead atoms. The number of para-hydroxylation sites is 1. The minimum Gasteiger partial charge on any atom is -0.406 e. The summed E-state index contributed by atoms with van der Waals surface area (Å²) in [6, 6.07) is 17.7. The minimum atomic E-state index is -4.81. The van der Waals surface area contributed by atoms with E-state index in [1.807, 2.05) is 0 Å². The van der Waals surface area contributed by atoms with Crippen LogP contribution in [0.25, 0.3) is 10.9 Å². The van der Waals surface area contributed by atoms with Gasteiger partial charge in [0.25, 0.3) is 11.2 Å². The number of hydrogen-bond donors (Lipinski definition) is 1. The van der Waals surface area contributed by atoms with Gasteiger partial charge in [-0.3, -0.25) is 24.5 Å². The third-order valence-corrected chi connectivity index (χ3v) is 4.98. The number of aromatic nitrogens is 2. The first-order chi connectivity index (χ1) is 17.2. The molecule has 0 fully saturated rings. The third kappa shape index (κ3) is 6.03. The van der Waals surface area contributed by atoms with Gasteiger partial charge in [0.15, 0.2) is 0 Å². The molecule has 0 saturated heterocycles. The van der Waals surface area contributed by atoms with E-state index in [-0.39, 0.29) is 36.0 Å². The highest BCUT2D eigenvalue weighted by Gasteiger charge is 2.31. The van der Waals surface area contributed by atoms with Crippen LogP contribution in [-0.4, -0.2) is 33.6 Å². The number of benzene rings is 3. The predicted octanol–water partition coefficient (Wildman–Crippen LogP) is 5.07. The lowest BCUT2D eigenvalue weighted by Gasteiger charge is -2.15. The standard InChI is InChI=1S/C24H18F3N5O4/c25-24(26,27)36-19-10-8-17(9-11-19)29-23-30-21-7-2-1-6-20(21)22(33)31(23)13-12-28-15-16-4-3-5-18(14-16)32(34)35/h1-11,14-15H,12-13H2,(H,29,30). The molecular formula is C24H18F3N5O4. The van der Waals surface area contributed by atoms with E-state index in [0.717, 1.165) is 12.1 Å². The fourth-order valence-electron chi connectivity index (χ4n) is 3.39. The van der Waals surface area contributed by atoms with E-state index in [0.29, 0.717) is 22.2 Å². The van der Waals surface area contributed by atoms with Gasteiger partial charge in [-0.15, -0.1) is 13.2 Å². The van der Waals surface area contributed by atoms with Crippen molar-refractivity contribution in [3.8, 4) is 5.75 Å². The zero-order valence-electron chi connectivity index (χ0n) is 18.5. The van der Waals surface area contributed by atoms with Crippen molar-refractivity contribution >= 4 is 34.4 Å². The Morgan fingerprint density at radius 3 is 2.56 bits per heavy atom. The summed E-state index contributed by atoms with van der Waals surface area (Å²) in [6.07, 6.45) is -3.33. The first-order valence-corrected chi connectivity index (χ1v) is 10.6. The van der Waals surface area contributed by atoms with Crippen LogP contribution in [0.2, 0.25) is 0 Å². The lowest BCUT2D eigenvalue weighted by molar-refractivity contribution is -0.384. The number of fused-ring (bicyclic) bond motifs is 1. The monoisotopic (exact) mass is 497 g/mol. The number of ether oxygens (including phenoxy) is 1. The summed E-state index contributed by atoms with van der Waals surface area (Å²) in [4.78, 5) is 32.3. The zero-order valence-corrected chi connectivity index (χ0v) is 18.5. The van der Waals surface area contributed by atoms with Gasteiger partial charge in [-0.25, -0.2) is 4.98 Å². The summed E-state index contributed by atoms with van der Waals surface area (Å²) in [6.45, 7) is 0.287. The molecule has 4 rings (SSSR count). The van der Waals surface area contributed by atoms with Crippen molar-refractivity contribution < 1.29 is 22.8 Å². The van der Waals surface area contributed by atoms with Gasteiger partial charge in [-0.05, 0) is 42.0 Å². The van der Waals surface area contributed by atoms with E-state index in [1.165, 1.54) is 35.0 Å². The molecule has 4 aromatic rings. The van der Waals surface area contributed by atoms with Crippen molar-refractivity contribution in [3.63, 3.8) is 0 Å². The maximum atomic E-state index is 13.1. The van der Waals surface area contributed by atoms with E-state index in [9.17, 15) is 28.1 Å². The maximum Gasteiger partial charge on any atom is 0.573 e. The summed E-state index contributed by atoms with van der Waals surface area (Å²) in [5.74, 6) is -0.207. The summed E-state index contributed by atoms with van der Waals surface area (Å²) in [5, 5.41) is 14.3. The molecule has 0 unspecified atom stereocenters. The van der Waals surface area contributed by atoms with Gasteiger partial charge in [0, 0.05) is 30.6 Å². The van der Waals surface area contributed by atoms with E-state index >= 15 is 0 Å². The van der Waals surface area contributed by atoms with Crippen molar-refractivity contribution in [2.45, 2.75) is 12.9 Å². The molecule has 1 aromatic heterocycles. The highest BCUT2D eigenvalue weighted by atomic mass is 19.4. The van der Waals surface area contributed by atoms with Crippen LogP contribution in [-0.2, 0) is 6.54 Å². The highest BCUT2D eigenvalue weighted by Crippen LogP contribution is 2.25. The Bertz CT molecular complexity index is 1480. The van der Waals surface area contributed by atoms with Gasteiger partial charge in [-0.2, -0.15) is 0 Å². The topological polar surface area (TPSA) is 112 Å². The largest absolute Gasteiger partial charge is 0.573 e. The van der Waals surface area contributed by atoms with Crippen molar-refractivity contribution in [2.24, 2.45) is 4.99 Å². The van der Waals surface area contributed by atoms with Crippen molar-refractivity contribution in [3.05, 3.63) is 98.8 Å². The molecule has 36 heavy (non-hydrogen) atoms. The number of nitrogens with zero attached hydrogens (tertiary/aromatic N) is 4. The number of rotatable bonds is 8. The molecule has 0 aliphatic carbocycles. The molecule has 0 aliphatic rings. The lowest BCUT2D eigenvalue weighted by Crippen LogP contribution is -2.25. The van der Waals surface area contributed by atoms with E-state index < -0.39 is 11.3 Å². The molecule has 1 N–H and O–H groups in total. The number of hydrogen-bond acceptors (Lipinski definition) is 7. The number of halogens is 3. The van der Waals surface area contributed by atoms with E-state index in [4.69, 9.17) is 0 Å². The van der Waals surface area contributed by atoms with Crippen LogP contribution >= 0.6 is 0 Å². The molecule has 0 aliphatic heterocycles. The quantitative estimate of drug-likeness (QED) is 0.207. The molecule has 0 radical (unpaired) electrons. The summed E-state index contributed by atoms with van der Waals surface area (Å²) >= 11 is 0. The Hall–Kier alpha value is -4.74. The molecule has 184 valence electrons. The fraction of sp³-hybridized carbons (Fsp3) is 0.125. The van der Waals surface area contributed by atoms with Gasteiger partial charge in [0.05, 0.1) is 22.4 Å². The number of nitro groups is 1. The average molecular weight is 497 g/mol. The third-order valence-electron chi connectivity index (χ3n) is 4.98. The number of non-ortho nitro benzene ring substituents is 1. The van der Waals surface area contributed by atoms with Gasteiger partial charge >= 0.3 is 6.36 Å². The van der Waals surface area contributed by atoms with Crippen LogP contribution in [0.4, 0.5) is 30.5 Å². The number of alkyl halides is 3. The van der Waals surface area contributed by atoms with Crippen LogP contribution in [0.1, 0.15) is 5.56 Å². The SMILES string of the molecule is O=c1c2ccccc2nc(Nc2ccc(OC(F)(F)F)cc2)n1CCN=Cc1cccc([N+](=O)[O-])c1. The summed E-state index contributed by atoms with van der Waals surface area (Å²) in [5.41, 5.74) is 0.976. The molecule has 3 aromatic carbocycles. The van der Waals surface area contributed by atoms with Crippen LogP contribution in [0, 0.1) is 10.1 Å². The number of nitrogens with one attached hydrogen (secondary N) is 1.